The van der Waals surface area contributed by atoms with Crippen molar-refractivity contribution in [3.05, 3.63) is 28.8 Å². The van der Waals surface area contributed by atoms with Gasteiger partial charge in [-0.1, -0.05) is 24.6 Å². The molecule has 3 heterocycles. The fourth-order valence-corrected chi connectivity index (χ4v) is 5.84. The highest BCUT2D eigenvalue weighted by molar-refractivity contribution is 7.98. The Balaban J connectivity index is 1.86. The van der Waals surface area contributed by atoms with Gasteiger partial charge in [0.15, 0.2) is 0 Å². The Kier molecular flexibility index (Phi) is 4.96. The van der Waals surface area contributed by atoms with E-state index in [0.717, 1.165) is 17.7 Å². The first kappa shape index (κ1) is 19.7. The summed E-state index contributed by atoms with van der Waals surface area (Å²) in [6.07, 6.45) is 3.48. The molecule has 0 aliphatic carbocycles. The number of thioether (sulfide) groups is 1. The van der Waals surface area contributed by atoms with E-state index in [2.05, 4.69) is 5.32 Å². The van der Waals surface area contributed by atoms with Crippen LogP contribution in [0.5, 0.6) is 0 Å². The van der Waals surface area contributed by atoms with Gasteiger partial charge in [0.2, 0.25) is 17.4 Å². The van der Waals surface area contributed by atoms with E-state index in [1.54, 1.807) is 23.9 Å². The molecule has 3 aliphatic rings. The predicted molar refractivity (Wildman–Crippen MR) is 109 cm³/mol. The Morgan fingerprint density at radius 1 is 1.32 bits per heavy atom. The number of amides is 3. The van der Waals surface area contributed by atoms with E-state index < -0.39 is 17.4 Å². The quantitative estimate of drug-likeness (QED) is 0.706. The molecule has 2 saturated heterocycles. The van der Waals surface area contributed by atoms with E-state index >= 15 is 0 Å². The lowest BCUT2D eigenvalue weighted by Gasteiger charge is -2.28. The normalized spacial score (nSPS) is 32.1. The first-order valence-corrected chi connectivity index (χ1v) is 11.5. The third kappa shape index (κ3) is 2.49. The molecule has 3 aliphatic heterocycles. The molecule has 0 unspecified atom stereocenters. The zero-order chi connectivity index (χ0) is 20.2. The Hall–Kier alpha value is -1.57. The molecule has 3 N–H and O–H groups in total. The fraction of sp³-hybridized carbons (Fsp3) is 0.550. The maximum atomic E-state index is 13.5. The van der Waals surface area contributed by atoms with Gasteiger partial charge in [-0.25, -0.2) is 0 Å². The number of hydrogen-bond donors (Lipinski definition) is 2. The summed E-state index contributed by atoms with van der Waals surface area (Å²) in [7, 11) is 0. The lowest BCUT2D eigenvalue weighted by molar-refractivity contribution is -0.733. The van der Waals surface area contributed by atoms with E-state index in [4.69, 9.17) is 11.6 Å². The lowest BCUT2D eigenvalue weighted by Crippen LogP contribution is -2.99. The summed E-state index contributed by atoms with van der Waals surface area (Å²) in [5.41, 5.74) is 0.166. The van der Waals surface area contributed by atoms with Crippen LogP contribution in [0.3, 0.4) is 0 Å². The van der Waals surface area contributed by atoms with Crippen LogP contribution in [0.2, 0.25) is 5.02 Å². The maximum absolute atomic E-state index is 13.5. The monoisotopic (exact) mass is 422 g/mol. The zero-order valence-corrected chi connectivity index (χ0v) is 17.8. The number of benzene rings is 1. The summed E-state index contributed by atoms with van der Waals surface area (Å²) in [5.74, 6) is -0.911. The molecule has 1 aromatic carbocycles. The molecule has 0 saturated carbocycles. The van der Waals surface area contributed by atoms with Gasteiger partial charge < -0.3 is 10.6 Å². The van der Waals surface area contributed by atoms with Gasteiger partial charge in [0.25, 0.3) is 5.91 Å². The zero-order valence-electron chi connectivity index (χ0n) is 16.2. The molecule has 6 nitrogen and oxygen atoms in total. The van der Waals surface area contributed by atoms with Crippen LogP contribution in [0.4, 0.5) is 5.69 Å². The van der Waals surface area contributed by atoms with Crippen LogP contribution in [-0.2, 0) is 19.9 Å². The number of nitrogens with zero attached hydrogens (tertiary/aromatic N) is 1. The molecule has 2 fully saturated rings. The van der Waals surface area contributed by atoms with Crippen LogP contribution in [0.25, 0.3) is 0 Å². The van der Waals surface area contributed by atoms with E-state index in [0.29, 0.717) is 17.1 Å². The van der Waals surface area contributed by atoms with Gasteiger partial charge in [0.05, 0.1) is 10.7 Å². The minimum atomic E-state index is -1.12. The van der Waals surface area contributed by atoms with Crippen molar-refractivity contribution in [1.82, 2.24) is 4.90 Å². The summed E-state index contributed by atoms with van der Waals surface area (Å²) < 4.78 is 0. The Morgan fingerprint density at radius 2 is 2.07 bits per heavy atom. The molecular weight excluding hydrogens is 398 g/mol. The van der Waals surface area contributed by atoms with Crippen LogP contribution < -0.4 is 10.6 Å². The minimum Gasteiger partial charge on any atom is -0.326 e. The number of fused-ring (bicyclic) bond motifs is 4. The van der Waals surface area contributed by atoms with Crippen molar-refractivity contribution in [2.24, 2.45) is 11.8 Å². The second kappa shape index (κ2) is 7.04. The average Bonchev–Trinajstić information content (AvgIpc) is 3.26. The number of hydrogen-bond acceptors (Lipinski definition) is 4. The van der Waals surface area contributed by atoms with E-state index in [1.165, 1.54) is 4.90 Å². The van der Waals surface area contributed by atoms with Gasteiger partial charge in [-0.05, 0) is 37.5 Å². The number of para-hydroxylation sites is 1. The van der Waals surface area contributed by atoms with Gasteiger partial charge in [0.1, 0.15) is 17.9 Å². The van der Waals surface area contributed by atoms with Crippen molar-refractivity contribution in [2.45, 2.75) is 44.3 Å². The third-order valence-electron chi connectivity index (χ3n) is 6.57. The van der Waals surface area contributed by atoms with Crippen molar-refractivity contribution in [3.8, 4) is 0 Å². The molecule has 4 rings (SSSR count). The molecule has 1 spiro atoms. The second-order valence-corrected chi connectivity index (χ2v) is 9.30. The minimum absolute atomic E-state index is 0.112. The van der Waals surface area contributed by atoms with Crippen LogP contribution >= 0.6 is 23.4 Å². The lowest BCUT2D eigenvalue weighted by atomic mass is 9.76. The molecule has 0 bridgehead atoms. The molecule has 8 heteroatoms. The number of likely N-dealkylation sites (tertiary alicyclic amines) is 1. The van der Waals surface area contributed by atoms with Crippen molar-refractivity contribution in [1.29, 1.82) is 0 Å². The van der Waals surface area contributed by atoms with Gasteiger partial charge in [-0.3, -0.25) is 19.3 Å². The molecule has 28 heavy (non-hydrogen) atoms. The number of halogens is 1. The van der Waals surface area contributed by atoms with Crippen molar-refractivity contribution >= 4 is 46.8 Å². The number of anilines is 1. The summed E-state index contributed by atoms with van der Waals surface area (Å²) in [5, 5.41) is 5.32. The Bertz CT molecular complexity index is 863. The number of imide groups is 1. The van der Waals surface area contributed by atoms with Gasteiger partial charge in [0, 0.05) is 18.0 Å². The van der Waals surface area contributed by atoms with Crippen molar-refractivity contribution < 1.29 is 19.7 Å². The Labute approximate surface area is 173 Å². The van der Waals surface area contributed by atoms with E-state index in [1.807, 2.05) is 31.5 Å². The number of rotatable bonds is 5. The molecule has 1 aromatic rings. The maximum Gasteiger partial charge on any atom is 0.291 e. The van der Waals surface area contributed by atoms with Crippen LogP contribution in [-0.4, -0.2) is 46.7 Å². The number of carbonyl (C=O) groups excluding carboxylic acids is 3. The molecule has 0 radical (unpaired) electrons. The average molecular weight is 423 g/mol. The fourth-order valence-electron chi connectivity index (χ4n) is 5.11. The van der Waals surface area contributed by atoms with Gasteiger partial charge in [-0.2, -0.15) is 11.8 Å². The highest BCUT2D eigenvalue weighted by Gasteiger charge is 2.74. The second-order valence-electron chi connectivity index (χ2n) is 7.90. The van der Waals surface area contributed by atoms with Gasteiger partial charge in [-0.15, -0.1) is 0 Å². The summed E-state index contributed by atoms with van der Waals surface area (Å²) in [6.45, 7) is 3.85. The van der Waals surface area contributed by atoms with E-state index in [-0.39, 0.29) is 29.8 Å². The standard InChI is InChI=1S/C20H24ClN3O3S/c1-4-10(2)24-17(25)14-13(8-9-28-3)23-20(15(14)18(24)26)11-6-5-7-12(21)16(11)22-19(20)27/h5-7,10,13-15,23H,4,8-9H2,1-3H3,(H,22,27)/p+1/t10-,13-,14-,15+,20-/m1/s1. The largest absolute Gasteiger partial charge is 0.326 e. The first-order chi connectivity index (χ1) is 13.4. The number of nitrogens with two attached hydrogens (primary N) is 1. The molecular formula is C20H25ClN3O3S+. The number of nitrogens with one attached hydrogen (secondary N) is 1. The van der Waals surface area contributed by atoms with Crippen molar-refractivity contribution in [2.75, 3.05) is 17.3 Å². The molecule has 5 atom stereocenters. The molecule has 0 aromatic heterocycles. The van der Waals surface area contributed by atoms with Gasteiger partial charge >= 0.3 is 0 Å². The third-order valence-corrected chi connectivity index (χ3v) is 7.53. The number of quaternary nitrogens is 1. The summed E-state index contributed by atoms with van der Waals surface area (Å²) >= 11 is 8.04. The van der Waals surface area contributed by atoms with Crippen molar-refractivity contribution in [3.63, 3.8) is 0 Å². The van der Waals surface area contributed by atoms with E-state index in [9.17, 15) is 14.4 Å². The smallest absolute Gasteiger partial charge is 0.291 e. The summed E-state index contributed by atoms with van der Waals surface area (Å²) in [4.78, 5) is 41.5. The SMILES string of the molecule is CC[C@@H](C)N1C(=O)[C@H]2[C@@H](C1=O)[C@@]1([NH2+][C@@H]2CCSC)C(=O)Nc2c(Cl)cccc21. The molecule has 3 amide bonds. The van der Waals surface area contributed by atoms with Crippen LogP contribution in [0.1, 0.15) is 32.3 Å². The van der Waals surface area contributed by atoms with Crippen LogP contribution in [0.15, 0.2) is 18.2 Å². The molecule has 150 valence electrons. The summed E-state index contributed by atoms with van der Waals surface area (Å²) in [6, 6.07) is 5.10. The highest BCUT2D eigenvalue weighted by Crippen LogP contribution is 2.51. The topological polar surface area (TPSA) is 83.1 Å². The predicted octanol–water partition coefficient (Wildman–Crippen LogP) is 1.59. The number of carbonyl (C=O) groups is 3. The first-order valence-electron chi connectivity index (χ1n) is 9.70. The Morgan fingerprint density at radius 3 is 2.75 bits per heavy atom. The highest BCUT2D eigenvalue weighted by atomic mass is 35.5. The van der Waals surface area contributed by atoms with Crippen LogP contribution in [0, 0.1) is 11.8 Å².